The number of carbonyl (C=O) groups excluding carboxylic acids is 1. The van der Waals surface area contributed by atoms with E-state index >= 15 is 0 Å². The molecule has 0 amide bonds. The lowest BCUT2D eigenvalue weighted by Crippen LogP contribution is -2.22. The van der Waals surface area contributed by atoms with E-state index in [2.05, 4.69) is 0 Å². The molecule has 1 aromatic heterocycles. The summed E-state index contributed by atoms with van der Waals surface area (Å²) >= 11 is 5.74. The van der Waals surface area contributed by atoms with Gasteiger partial charge in [0.1, 0.15) is 6.54 Å². The first-order valence-electron chi connectivity index (χ1n) is 5.32. The van der Waals surface area contributed by atoms with E-state index in [1.807, 2.05) is 0 Å². The van der Waals surface area contributed by atoms with Crippen molar-refractivity contribution >= 4 is 34.3 Å². The van der Waals surface area contributed by atoms with Gasteiger partial charge in [-0.15, -0.1) is 0 Å². The molecule has 0 saturated heterocycles. The number of halogens is 4. The number of alkyl halides is 3. The monoisotopic (exact) mass is 305 g/mol. The second-order valence-electron chi connectivity index (χ2n) is 4.05. The van der Waals surface area contributed by atoms with Crippen LogP contribution >= 0.6 is 11.6 Å². The van der Waals surface area contributed by atoms with Gasteiger partial charge in [-0.2, -0.15) is 13.2 Å². The van der Waals surface area contributed by atoms with Gasteiger partial charge in [-0.25, -0.2) is 0 Å². The first kappa shape index (κ1) is 14.4. The third kappa shape index (κ3) is 2.62. The van der Waals surface area contributed by atoms with Crippen LogP contribution in [0.2, 0.25) is 5.02 Å². The molecule has 2 aromatic rings. The molecule has 0 radical (unpaired) electrons. The first-order valence-corrected chi connectivity index (χ1v) is 5.69. The Balaban J connectivity index is 2.67. The van der Waals surface area contributed by atoms with E-state index in [-0.39, 0.29) is 15.9 Å². The highest BCUT2D eigenvalue weighted by atomic mass is 35.5. The zero-order valence-corrected chi connectivity index (χ0v) is 10.5. The SMILES string of the molecule is O=C(O)Cn1cc(C(=O)C(F)(F)F)c2ccc(Cl)cc21. The number of rotatable bonds is 3. The molecule has 1 heterocycles. The normalized spacial score (nSPS) is 11.8. The van der Waals surface area contributed by atoms with Gasteiger partial charge in [0.05, 0.1) is 11.1 Å². The Kier molecular flexibility index (Phi) is 3.47. The fourth-order valence-electron chi connectivity index (χ4n) is 1.88. The number of hydrogen-bond acceptors (Lipinski definition) is 2. The van der Waals surface area contributed by atoms with Crippen molar-refractivity contribution in [1.82, 2.24) is 4.57 Å². The zero-order chi connectivity index (χ0) is 15.1. The number of ketones is 1. The maximum absolute atomic E-state index is 12.5. The molecule has 8 heteroatoms. The average Bonchev–Trinajstić information content (AvgIpc) is 2.64. The van der Waals surface area contributed by atoms with Crippen LogP contribution in [0.25, 0.3) is 10.9 Å². The van der Waals surface area contributed by atoms with E-state index in [9.17, 15) is 22.8 Å². The van der Waals surface area contributed by atoms with Crippen molar-refractivity contribution in [2.45, 2.75) is 12.7 Å². The summed E-state index contributed by atoms with van der Waals surface area (Å²) in [6, 6.07) is 3.91. The van der Waals surface area contributed by atoms with Crippen LogP contribution in [-0.2, 0) is 11.3 Å². The van der Waals surface area contributed by atoms with Crippen molar-refractivity contribution in [2.75, 3.05) is 0 Å². The van der Waals surface area contributed by atoms with Gasteiger partial charge in [0.15, 0.2) is 0 Å². The number of carboxylic acids is 1. The van der Waals surface area contributed by atoms with Gasteiger partial charge >= 0.3 is 12.1 Å². The molecule has 1 aromatic carbocycles. The maximum atomic E-state index is 12.5. The van der Waals surface area contributed by atoms with Gasteiger partial charge in [0, 0.05) is 16.6 Å². The number of fused-ring (bicyclic) bond motifs is 1. The van der Waals surface area contributed by atoms with E-state index in [1.165, 1.54) is 18.2 Å². The van der Waals surface area contributed by atoms with Crippen LogP contribution in [0.4, 0.5) is 13.2 Å². The quantitative estimate of drug-likeness (QED) is 0.886. The Hall–Kier alpha value is -2.02. The van der Waals surface area contributed by atoms with Crippen LogP contribution in [0.15, 0.2) is 24.4 Å². The Morgan fingerprint density at radius 3 is 2.50 bits per heavy atom. The van der Waals surface area contributed by atoms with Crippen LogP contribution in [-0.4, -0.2) is 27.6 Å². The van der Waals surface area contributed by atoms with Crippen molar-refractivity contribution in [3.05, 3.63) is 35.0 Å². The summed E-state index contributed by atoms with van der Waals surface area (Å²) in [6.45, 7) is -0.567. The van der Waals surface area contributed by atoms with E-state index < -0.39 is 30.0 Å². The zero-order valence-electron chi connectivity index (χ0n) is 9.74. The lowest BCUT2D eigenvalue weighted by atomic mass is 10.1. The molecule has 0 aliphatic carbocycles. The number of hydrogen-bond donors (Lipinski definition) is 1. The fourth-order valence-corrected chi connectivity index (χ4v) is 2.04. The highest BCUT2D eigenvalue weighted by molar-refractivity contribution is 6.31. The minimum Gasteiger partial charge on any atom is -0.480 e. The summed E-state index contributed by atoms with van der Waals surface area (Å²) < 4.78 is 38.6. The summed E-state index contributed by atoms with van der Waals surface area (Å²) in [6.07, 6.45) is -4.15. The molecule has 4 nitrogen and oxygen atoms in total. The lowest BCUT2D eigenvalue weighted by molar-refractivity contribution is -0.137. The van der Waals surface area contributed by atoms with Crippen LogP contribution in [0, 0.1) is 0 Å². The number of aliphatic carboxylic acids is 1. The van der Waals surface area contributed by atoms with Gasteiger partial charge < -0.3 is 9.67 Å². The number of benzene rings is 1. The Morgan fingerprint density at radius 2 is 1.95 bits per heavy atom. The highest BCUT2D eigenvalue weighted by Gasteiger charge is 2.40. The molecule has 0 unspecified atom stereocenters. The summed E-state index contributed by atoms with van der Waals surface area (Å²) in [5.74, 6) is -3.26. The van der Waals surface area contributed by atoms with E-state index in [0.29, 0.717) is 0 Å². The summed E-state index contributed by atoms with van der Waals surface area (Å²) in [5, 5.41) is 8.98. The molecule has 0 aliphatic rings. The van der Waals surface area contributed by atoms with Gasteiger partial charge in [-0.05, 0) is 12.1 Å². The van der Waals surface area contributed by atoms with Crippen LogP contribution in [0.1, 0.15) is 10.4 Å². The largest absolute Gasteiger partial charge is 0.480 e. The van der Waals surface area contributed by atoms with Crippen LogP contribution < -0.4 is 0 Å². The maximum Gasteiger partial charge on any atom is 0.454 e. The summed E-state index contributed by atoms with van der Waals surface area (Å²) in [7, 11) is 0. The van der Waals surface area contributed by atoms with Gasteiger partial charge in [-0.1, -0.05) is 17.7 Å². The molecule has 1 N–H and O–H groups in total. The van der Waals surface area contributed by atoms with Gasteiger partial charge in [-0.3, -0.25) is 9.59 Å². The minimum absolute atomic E-state index is 0.0120. The fraction of sp³-hybridized carbons (Fsp3) is 0.167. The van der Waals surface area contributed by atoms with E-state index in [1.54, 1.807) is 0 Å². The molecule has 0 bridgehead atoms. The predicted molar refractivity (Wildman–Crippen MR) is 65.0 cm³/mol. The van der Waals surface area contributed by atoms with Crippen molar-refractivity contribution < 1.29 is 27.9 Å². The van der Waals surface area contributed by atoms with Crippen LogP contribution in [0.3, 0.4) is 0 Å². The first-order chi connectivity index (χ1) is 9.20. The third-order valence-corrected chi connectivity index (χ3v) is 2.89. The van der Waals surface area contributed by atoms with E-state index in [0.717, 1.165) is 10.8 Å². The molecule has 2 rings (SSSR count). The number of carboxylic acid groups (broad SMARTS) is 1. The highest BCUT2D eigenvalue weighted by Crippen LogP contribution is 2.30. The molecule has 0 spiro atoms. The summed E-state index contributed by atoms with van der Waals surface area (Å²) in [4.78, 5) is 22.1. The van der Waals surface area contributed by atoms with Crippen LogP contribution in [0.5, 0.6) is 0 Å². The molecule has 106 valence electrons. The topological polar surface area (TPSA) is 59.3 Å². The second-order valence-corrected chi connectivity index (χ2v) is 4.49. The lowest BCUT2D eigenvalue weighted by Gasteiger charge is -2.03. The van der Waals surface area contributed by atoms with Gasteiger partial charge in [0.25, 0.3) is 5.78 Å². The third-order valence-electron chi connectivity index (χ3n) is 2.65. The molecule has 20 heavy (non-hydrogen) atoms. The molecular weight excluding hydrogens is 299 g/mol. The standard InChI is InChI=1S/C12H7ClF3NO3/c13-6-1-2-7-8(11(20)12(14,15)16)4-17(5-10(18)19)9(7)3-6/h1-4H,5H2,(H,18,19). The molecule has 0 fully saturated rings. The molecule has 0 aliphatic heterocycles. The van der Waals surface area contributed by atoms with Crippen molar-refractivity contribution in [2.24, 2.45) is 0 Å². The number of nitrogens with zero attached hydrogens (tertiary/aromatic N) is 1. The predicted octanol–water partition coefficient (Wildman–Crippen LogP) is 3.12. The second kappa shape index (κ2) is 4.82. The van der Waals surface area contributed by atoms with Gasteiger partial charge in [0.2, 0.25) is 0 Å². The molecule has 0 atom stereocenters. The Labute approximate surface area is 115 Å². The molecule has 0 saturated carbocycles. The minimum atomic E-state index is -5.03. The molecular formula is C12H7ClF3NO3. The Bertz CT molecular complexity index is 706. The number of aromatic nitrogens is 1. The summed E-state index contributed by atoms with van der Waals surface area (Å²) in [5.41, 5.74) is -0.432. The average molecular weight is 306 g/mol. The number of carbonyl (C=O) groups is 2. The smallest absolute Gasteiger partial charge is 0.454 e. The Morgan fingerprint density at radius 1 is 1.30 bits per heavy atom. The van der Waals surface area contributed by atoms with Crippen molar-refractivity contribution in [1.29, 1.82) is 0 Å². The van der Waals surface area contributed by atoms with Crippen molar-refractivity contribution in [3.8, 4) is 0 Å². The number of Topliss-reactive ketones (excluding diaryl/α,β-unsaturated/α-hetero) is 1. The van der Waals surface area contributed by atoms with E-state index in [4.69, 9.17) is 16.7 Å². The van der Waals surface area contributed by atoms with Crippen molar-refractivity contribution in [3.63, 3.8) is 0 Å².